The lowest BCUT2D eigenvalue weighted by Crippen LogP contribution is -2.33. The number of hydrogen-bond acceptors (Lipinski definition) is 2. The maximum Gasteiger partial charge on any atom is 0.0595 e. The lowest BCUT2D eigenvalue weighted by molar-refractivity contribution is 0.281. The van der Waals surface area contributed by atoms with E-state index in [0.717, 1.165) is 6.42 Å². The molecule has 0 saturated heterocycles. The van der Waals surface area contributed by atoms with Crippen LogP contribution in [0.25, 0.3) is 0 Å². The second-order valence-electron chi connectivity index (χ2n) is 4.50. The van der Waals surface area contributed by atoms with Crippen molar-refractivity contribution in [2.24, 2.45) is 0 Å². The van der Waals surface area contributed by atoms with Crippen molar-refractivity contribution in [3.63, 3.8) is 0 Å². The SMILES string of the molecule is OCCNC1CCCC1c1ccc(Cl)c(Cl)c1. The standard InChI is InChI=1S/C13H17Cl2NO/c14-11-5-4-9(8-12(11)15)10-2-1-3-13(10)16-6-7-17/h4-5,8,10,13,16-17H,1-3,6-7H2. The van der Waals surface area contributed by atoms with Gasteiger partial charge in [0.2, 0.25) is 0 Å². The summed E-state index contributed by atoms with van der Waals surface area (Å²) in [6, 6.07) is 6.32. The zero-order valence-electron chi connectivity index (χ0n) is 9.63. The van der Waals surface area contributed by atoms with Crippen molar-refractivity contribution in [1.82, 2.24) is 5.32 Å². The Morgan fingerprint density at radius 1 is 1.24 bits per heavy atom. The van der Waals surface area contributed by atoms with Crippen molar-refractivity contribution in [3.05, 3.63) is 33.8 Å². The summed E-state index contributed by atoms with van der Waals surface area (Å²) in [5.41, 5.74) is 1.24. The van der Waals surface area contributed by atoms with Crippen molar-refractivity contribution in [2.45, 2.75) is 31.2 Å². The molecular weight excluding hydrogens is 257 g/mol. The van der Waals surface area contributed by atoms with Crippen LogP contribution >= 0.6 is 23.2 Å². The van der Waals surface area contributed by atoms with Crippen molar-refractivity contribution in [2.75, 3.05) is 13.2 Å². The molecule has 94 valence electrons. The average Bonchev–Trinajstić information content (AvgIpc) is 2.78. The van der Waals surface area contributed by atoms with Gasteiger partial charge in [0.05, 0.1) is 16.7 Å². The van der Waals surface area contributed by atoms with Crippen LogP contribution in [0.2, 0.25) is 10.0 Å². The Kier molecular flexibility index (Phi) is 4.69. The first-order valence-electron chi connectivity index (χ1n) is 6.01. The summed E-state index contributed by atoms with van der Waals surface area (Å²) in [5.74, 6) is 0.483. The molecule has 2 nitrogen and oxygen atoms in total. The number of nitrogens with one attached hydrogen (secondary N) is 1. The van der Waals surface area contributed by atoms with Gasteiger partial charge in [-0.1, -0.05) is 35.7 Å². The summed E-state index contributed by atoms with van der Waals surface area (Å²) in [7, 11) is 0. The molecule has 0 bridgehead atoms. The van der Waals surface area contributed by atoms with Gasteiger partial charge < -0.3 is 10.4 Å². The highest BCUT2D eigenvalue weighted by Gasteiger charge is 2.28. The van der Waals surface area contributed by atoms with Crippen LogP contribution in [-0.2, 0) is 0 Å². The number of benzene rings is 1. The van der Waals surface area contributed by atoms with Crippen molar-refractivity contribution in [1.29, 1.82) is 0 Å². The summed E-state index contributed by atoms with van der Waals surface area (Å²) < 4.78 is 0. The lowest BCUT2D eigenvalue weighted by Gasteiger charge is -2.21. The molecule has 1 aromatic rings. The van der Waals surface area contributed by atoms with Gasteiger partial charge >= 0.3 is 0 Å². The van der Waals surface area contributed by atoms with Crippen LogP contribution in [0.4, 0.5) is 0 Å². The minimum absolute atomic E-state index is 0.185. The van der Waals surface area contributed by atoms with Gasteiger partial charge in [-0.15, -0.1) is 0 Å². The topological polar surface area (TPSA) is 32.3 Å². The predicted octanol–water partition coefficient (Wildman–Crippen LogP) is 3.21. The molecule has 1 fully saturated rings. The molecule has 2 rings (SSSR count). The molecule has 0 amide bonds. The third-order valence-corrected chi connectivity index (χ3v) is 4.15. The van der Waals surface area contributed by atoms with Crippen LogP contribution < -0.4 is 5.32 Å². The molecule has 1 saturated carbocycles. The molecule has 2 atom stereocenters. The maximum atomic E-state index is 8.86. The number of halogens is 2. The van der Waals surface area contributed by atoms with E-state index in [1.807, 2.05) is 12.1 Å². The van der Waals surface area contributed by atoms with Crippen LogP contribution in [0.1, 0.15) is 30.7 Å². The van der Waals surface area contributed by atoms with E-state index in [1.54, 1.807) is 0 Å². The van der Waals surface area contributed by atoms with Crippen LogP contribution in [0.15, 0.2) is 18.2 Å². The van der Waals surface area contributed by atoms with Crippen LogP contribution in [0.3, 0.4) is 0 Å². The van der Waals surface area contributed by atoms with Crippen molar-refractivity contribution in [3.8, 4) is 0 Å². The largest absolute Gasteiger partial charge is 0.395 e. The zero-order chi connectivity index (χ0) is 12.3. The molecule has 1 aliphatic rings. The molecule has 2 N–H and O–H groups in total. The fraction of sp³-hybridized carbons (Fsp3) is 0.538. The fourth-order valence-electron chi connectivity index (χ4n) is 2.60. The van der Waals surface area contributed by atoms with Gasteiger partial charge in [0, 0.05) is 12.6 Å². The van der Waals surface area contributed by atoms with Crippen LogP contribution in [0.5, 0.6) is 0 Å². The van der Waals surface area contributed by atoms with E-state index in [9.17, 15) is 0 Å². The number of aliphatic hydroxyl groups is 1. The highest BCUT2D eigenvalue weighted by molar-refractivity contribution is 6.42. The molecule has 0 spiro atoms. The molecule has 0 heterocycles. The van der Waals surface area contributed by atoms with Gasteiger partial charge in [-0.3, -0.25) is 0 Å². The Bertz CT molecular complexity index is 384. The fourth-order valence-corrected chi connectivity index (χ4v) is 2.90. The maximum absolute atomic E-state index is 8.86. The molecule has 0 aliphatic heterocycles. The monoisotopic (exact) mass is 273 g/mol. The first-order chi connectivity index (χ1) is 8.22. The third kappa shape index (κ3) is 3.14. The molecule has 2 unspecified atom stereocenters. The van der Waals surface area contributed by atoms with Gasteiger partial charge in [-0.05, 0) is 36.5 Å². The summed E-state index contributed by atoms with van der Waals surface area (Å²) in [6.45, 7) is 0.840. The van der Waals surface area contributed by atoms with Crippen molar-refractivity contribution >= 4 is 23.2 Å². The first-order valence-corrected chi connectivity index (χ1v) is 6.77. The smallest absolute Gasteiger partial charge is 0.0595 e. The number of aliphatic hydroxyl groups excluding tert-OH is 1. The Balaban J connectivity index is 2.11. The van der Waals surface area contributed by atoms with Gasteiger partial charge in [-0.2, -0.15) is 0 Å². The molecule has 1 aliphatic carbocycles. The normalized spacial score (nSPS) is 24.2. The molecule has 4 heteroatoms. The van der Waals surface area contributed by atoms with Gasteiger partial charge in [-0.25, -0.2) is 0 Å². The Morgan fingerprint density at radius 3 is 2.76 bits per heavy atom. The highest BCUT2D eigenvalue weighted by atomic mass is 35.5. The van der Waals surface area contributed by atoms with E-state index in [2.05, 4.69) is 11.4 Å². The average molecular weight is 274 g/mol. The van der Waals surface area contributed by atoms with Gasteiger partial charge in [0.1, 0.15) is 0 Å². The molecule has 0 radical (unpaired) electrons. The number of rotatable bonds is 4. The quantitative estimate of drug-likeness (QED) is 0.883. The second kappa shape index (κ2) is 6.05. The summed E-state index contributed by atoms with van der Waals surface area (Å²) in [6.07, 6.45) is 3.54. The van der Waals surface area contributed by atoms with Crippen LogP contribution in [-0.4, -0.2) is 24.3 Å². The molecule has 17 heavy (non-hydrogen) atoms. The summed E-state index contributed by atoms with van der Waals surface area (Å²) in [5, 5.41) is 13.5. The van der Waals surface area contributed by atoms with Crippen molar-refractivity contribution < 1.29 is 5.11 Å². The number of hydrogen-bond donors (Lipinski definition) is 2. The molecule has 1 aromatic carbocycles. The third-order valence-electron chi connectivity index (χ3n) is 3.41. The van der Waals surface area contributed by atoms with Crippen LogP contribution in [0, 0.1) is 0 Å². The van der Waals surface area contributed by atoms with E-state index < -0.39 is 0 Å². The lowest BCUT2D eigenvalue weighted by atomic mass is 9.94. The second-order valence-corrected chi connectivity index (χ2v) is 5.31. The minimum atomic E-state index is 0.185. The zero-order valence-corrected chi connectivity index (χ0v) is 11.1. The van der Waals surface area contributed by atoms with E-state index >= 15 is 0 Å². The summed E-state index contributed by atoms with van der Waals surface area (Å²) in [4.78, 5) is 0. The molecular formula is C13H17Cl2NO. The van der Waals surface area contributed by atoms with E-state index in [1.165, 1.54) is 18.4 Å². The van der Waals surface area contributed by atoms with Gasteiger partial charge in [0.25, 0.3) is 0 Å². The Hall–Kier alpha value is -0.280. The van der Waals surface area contributed by atoms with E-state index in [0.29, 0.717) is 28.5 Å². The summed E-state index contributed by atoms with van der Waals surface area (Å²) >= 11 is 12.0. The Morgan fingerprint density at radius 2 is 2.06 bits per heavy atom. The molecule has 0 aromatic heterocycles. The predicted molar refractivity (Wildman–Crippen MR) is 71.9 cm³/mol. The first kappa shape index (κ1) is 13.2. The van der Waals surface area contributed by atoms with E-state index in [-0.39, 0.29) is 6.61 Å². The minimum Gasteiger partial charge on any atom is -0.395 e. The van der Waals surface area contributed by atoms with E-state index in [4.69, 9.17) is 28.3 Å². The highest BCUT2D eigenvalue weighted by Crippen LogP contribution is 2.36. The Labute approximate surface area is 112 Å². The van der Waals surface area contributed by atoms with Gasteiger partial charge in [0.15, 0.2) is 0 Å².